The molecule has 1 heterocycles. The zero-order valence-corrected chi connectivity index (χ0v) is 10.0. The van der Waals surface area contributed by atoms with Crippen LogP contribution in [0.5, 0.6) is 0 Å². The topological polar surface area (TPSA) is 29.1 Å². The Kier molecular flexibility index (Phi) is 3.65. The first kappa shape index (κ1) is 11.0. The van der Waals surface area contributed by atoms with E-state index in [9.17, 15) is 4.79 Å². The lowest BCUT2D eigenvalue weighted by molar-refractivity contribution is 0.0932. The molecule has 0 bridgehead atoms. The first-order valence-electron chi connectivity index (χ1n) is 5.32. The lowest BCUT2D eigenvalue weighted by Gasteiger charge is -2.22. The van der Waals surface area contributed by atoms with Crippen molar-refractivity contribution in [1.82, 2.24) is 5.32 Å². The SMILES string of the molecule is O=C(NC1CCCCC1)c1ccc(Cl)s1. The van der Waals surface area contributed by atoms with Gasteiger partial charge in [-0.05, 0) is 25.0 Å². The number of thiophene rings is 1. The van der Waals surface area contributed by atoms with Crippen molar-refractivity contribution in [3.05, 3.63) is 21.3 Å². The maximum atomic E-state index is 11.8. The molecule has 0 unspecified atom stereocenters. The van der Waals surface area contributed by atoms with Crippen LogP contribution in [0.2, 0.25) is 4.34 Å². The van der Waals surface area contributed by atoms with E-state index in [2.05, 4.69) is 5.32 Å². The maximum Gasteiger partial charge on any atom is 0.261 e. The number of hydrogen-bond acceptors (Lipinski definition) is 2. The molecular weight excluding hydrogens is 230 g/mol. The summed E-state index contributed by atoms with van der Waals surface area (Å²) in [6.07, 6.45) is 6.00. The Bertz CT molecular complexity index is 344. The summed E-state index contributed by atoms with van der Waals surface area (Å²) in [7, 11) is 0. The van der Waals surface area contributed by atoms with Gasteiger partial charge in [-0.1, -0.05) is 30.9 Å². The maximum absolute atomic E-state index is 11.8. The highest BCUT2D eigenvalue weighted by Gasteiger charge is 2.17. The van der Waals surface area contributed by atoms with Gasteiger partial charge in [0.25, 0.3) is 5.91 Å². The number of nitrogens with one attached hydrogen (secondary N) is 1. The molecule has 0 radical (unpaired) electrons. The van der Waals surface area contributed by atoms with E-state index in [0.29, 0.717) is 15.3 Å². The van der Waals surface area contributed by atoms with Crippen LogP contribution >= 0.6 is 22.9 Å². The second-order valence-electron chi connectivity index (χ2n) is 3.91. The fraction of sp³-hybridized carbons (Fsp3) is 0.545. The molecule has 1 N–H and O–H groups in total. The molecule has 1 aliphatic rings. The van der Waals surface area contributed by atoms with E-state index in [1.807, 2.05) is 0 Å². The average molecular weight is 244 g/mol. The monoisotopic (exact) mass is 243 g/mol. The average Bonchev–Trinajstić information content (AvgIpc) is 2.66. The van der Waals surface area contributed by atoms with Crippen molar-refractivity contribution >= 4 is 28.8 Å². The molecule has 82 valence electrons. The van der Waals surface area contributed by atoms with Crippen LogP contribution in [0.1, 0.15) is 41.8 Å². The molecule has 1 aromatic rings. The summed E-state index contributed by atoms with van der Waals surface area (Å²) < 4.78 is 0.670. The Morgan fingerprint density at radius 2 is 2.07 bits per heavy atom. The van der Waals surface area contributed by atoms with Crippen molar-refractivity contribution < 1.29 is 4.79 Å². The van der Waals surface area contributed by atoms with E-state index in [0.717, 1.165) is 12.8 Å². The molecule has 1 aliphatic carbocycles. The first-order valence-corrected chi connectivity index (χ1v) is 6.51. The minimum absolute atomic E-state index is 0.0267. The summed E-state index contributed by atoms with van der Waals surface area (Å²) >= 11 is 7.12. The quantitative estimate of drug-likeness (QED) is 0.847. The van der Waals surface area contributed by atoms with Gasteiger partial charge in [0.2, 0.25) is 0 Å². The van der Waals surface area contributed by atoms with Crippen LogP contribution < -0.4 is 5.32 Å². The Morgan fingerprint density at radius 1 is 1.33 bits per heavy atom. The predicted molar refractivity (Wildman–Crippen MR) is 63.7 cm³/mol. The van der Waals surface area contributed by atoms with Gasteiger partial charge in [-0.25, -0.2) is 0 Å². The van der Waals surface area contributed by atoms with E-state index in [1.165, 1.54) is 30.6 Å². The van der Waals surface area contributed by atoms with Gasteiger partial charge in [-0.15, -0.1) is 11.3 Å². The molecule has 1 saturated carbocycles. The molecule has 2 nitrogen and oxygen atoms in total. The number of amides is 1. The van der Waals surface area contributed by atoms with Crippen molar-refractivity contribution in [3.63, 3.8) is 0 Å². The van der Waals surface area contributed by atoms with Gasteiger partial charge in [0.05, 0.1) is 9.21 Å². The Balaban J connectivity index is 1.91. The zero-order valence-electron chi connectivity index (χ0n) is 8.46. The molecule has 1 aromatic heterocycles. The molecule has 0 aromatic carbocycles. The van der Waals surface area contributed by atoms with Crippen molar-refractivity contribution in [3.8, 4) is 0 Å². The normalized spacial score (nSPS) is 17.7. The predicted octanol–water partition coefficient (Wildman–Crippen LogP) is 3.46. The molecular formula is C11H14ClNOS. The number of rotatable bonds is 2. The molecule has 0 aliphatic heterocycles. The summed E-state index contributed by atoms with van der Waals surface area (Å²) in [4.78, 5) is 12.5. The van der Waals surface area contributed by atoms with Gasteiger partial charge in [-0.3, -0.25) is 4.79 Å². The minimum Gasteiger partial charge on any atom is -0.349 e. The van der Waals surface area contributed by atoms with Crippen LogP contribution in [0.3, 0.4) is 0 Å². The molecule has 0 atom stereocenters. The van der Waals surface area contributed by atoms with Crippen LogP contribution in [0.4, 0.5) is 0 Å². The summed E-state index contributed by atoms with van der Waals surface area (Å²) in [6.45, 7) is 0. The third-order valence-electron chi connectivity index (χ3n) is 2.74. The highest BCUT2D eigenvalue weighted by Crippen LogP contribution is 2.22. The van der Waals surface area contributed by atoms with Gasteiger partial charge in [0.1, 0.15) is 0 Å². The fourth-order valence-corrected chi connectivity index (χ4v) is 2.89. The van der Waals surface area contributed by atoms with Gasteiger partial charge in [0.15, 0.2) is 0 Å². The highest BCUT2D eigenvalue weighted by molar-refractivity contribution is 7.17. The van der Waals surface area contributed by atoms with Crippen LogP contribution in [-0.4, -0.2) is 11.9 Å². The second kappa shape index (κ2) is 4.99. The Hall–Kier alpha value is -0.540. The van der Waals surface area contributed by atoms with Crippen LogP contribution in [0.25, 0.3) is 0 Å². The standard InChI is InChI=1S/C11H14ClNOS/c12-10-7-6-9(15-10)11(14)13-8-4-2-1-3-5-8/h6-8H,1-5H2,(H,13,14). The third-order valence-corrected chi connectivity index (χ3v) is 3.97. The number of carbonyl (C=O) groups excluding carboxylic acids is 1. The van der Waals surface area contributed by atoms with Crippen molar-refractivity contribution in [1.29, 1.82) is 0 Å². The van der Waals surface area contributed by atoms with Crippen molar-refractivity contribution in [2.24, 2.45) is 0 Å². The van der Waals surface area contributed by atoms with Crippen LogP contribution in [0.15, 0.2) is 12.1 Å². The fourth-order valence-electron chi connectivity index (χ4n) is 1.94. The van der Waals surface area contributed by atoms with Crippen molar-refractivity contribution in [2.45, 2.75) is 38.1 Å². The number of hydrogen-bond donors (Lipinski definition) is 1. The molecule has 1 amide bonds. The molecule has 15 heavy (non-hydrogen) atoms. The highest BCUT2D eigenvalue weighted by atomic mass is 35.5. The zero-order chi connectivity index (χ0) is 10.7. The second-order valence-corrected chi connectivity index (χ2v) is 5.63. The van der Waals surface area contributed by atoms with E-state index in [-0.39, 0.29) is 5.91 Å². The van der Waals surface area contributed by atoms with Gasteiger partial charge < -0.3 is 5.32 Å². The number of halogens is 1. The smallest absolute Gasteiger partial charge is 0.261 e. The summed E-state index contributed by atoms with van der Waals surface area (Å²) in [5, 5.41) is 3.06. The van der Waals surface area contributed by atoms with Crippen LogP contribution in [0, 0.1) is 0 Å². The van der Waals surface area contributed by atoms with Crippen molar-refractivity contribution in [2.75, 3.05) is 0 Å². The third kappa shape index (κ3) is 2.95. The summed E-state index contributed by atoms with van der Waals surface area (Å²) in [6, 6.07) is 3.92. The van der Waals surface area contributed by atoms with Crippen LogP contribution in [-0.2, 0) is 0 Å². The summed E-state index contributed by atoms with van der Waals surface area (Å²) in [5.74, 6) is 0.0267. The first-order chi connectivity index (χ1) is 7.25. The molecule has 4 heteroatoms. The van der Waals surface area contributed by atoms with E-state index >= 15 is 0 Å². The lowest BCUT2D eigenvalue weighted by Crippen LogP contribution is -2.35. The van der Waals surface area contributed by atoms with E-state index in [1.54, 1.807) is 12.1 Å². The van der Waals surface area contributed by atoms with Gasteiger partial charge in [-0.2, -0.15) is 0 Å². The molecule has 0 saturated heterocycles. The Labute approximate surface area is 98.6 Å². The molecule has 0 spiro atoms. The van der Waals surface area contributed by atoms with Gasteiger partial charge >= 0.3 is 0 Å². The Morgan fingerprint density at radius 3 is 2.67 bits per heavy atom. The molecule has 2 rings (SSSR count). The van der Waals surface area contributed by atoms with E-state index < -0.39 is 0 Å². The lowest BCUT2D eigenvalue weighted by atomic mass is 9.95. The van der Waals surface area contributed by atoms with E-state index in [4.69, 9.17) is 11.6 Å². The summed E-state index contributed by atoms with van der Waals surface area (Å²) in [5.41, 5.74) is 0. The van der Waals surface area contributed by atoms with Gasteiger partial charge in [0, 0.05) is 6.04 Å². The molecule has 1 fully saturated rings. The largest absolute Gasteiger partial charge is 0.349 e. The number of carbonyl (C=O) groups is 1. The minimum atomic E-state index is 0.0267.